The minimum atomic E-state index is 0.139. The third kappa shape index (κ3) is 4.88. The van der Waals surface area contributed by atoms with Crippen molar-refractivity contribution in [3.8, 4) is 0 Å². The van der Waals surface area contributed by atoms with Crippen molar-refractivity contribution >= 4 is 11.3 Å². The predicted octanol–water partition coefficient (Wildman–Crippen LogP) is 3.04. The van der Waals surface area contributed by atoms with Crippen LogP contribution in [-0.2, 0) is 13.1 Å². The Labute approximate surface area is 115 Å². The van der Waals surface area contributed by atoms with Crippen LogP contribution in [0.3, 0.4) is 0 Å². The molecule has 1 rings (SSSR count). The molecule has 0 aliphatic rings. The van der Waals surface area contributed by atoms with Crippen LogP contribution in [0.1, 0.15) is 38.4 Å². The van der Waals surface area contributed by atoms with Crippen molar-refractivity contribution in [2.75, 3.05) is 13.1 Å². The Balaban J connectivity index is 2.63. The van der Waals surface area contributed by atoms with Crippen molar-refractivity contribution in [1.82, 2.24) is 15.2 Å². The third-order valence-corrected chi connectivity index (χ3v) is 3.67. The summed E-state index contributed by atoms with van der Waals surface area (Å²) in [6.07, 6.45) is 1.96. The molecule has 0 spiro atoms. The molecule has 4 heteroatoms. The summed E-state index contributed by atoms with van der Waals surface area (Å²) in [5, 5.41) is 6.63. The molecular weight excluding hydrogens is 242 g/mol. The Kier molecular flexibility index (Phi) is 5.99. The number of nitrogens with zero attached hydrogens (tertiary/aromatic N) is 2. The van der Waals surface area contributed by atoms with E-state index in [0.717, 1.165) is 31.9 Å². The number of nitrogens with one attached hydrogen (secondary N) is 1. The van der Waals surface area contributed by atoms with Crippen molar-refractivity contribution in [3.63, 3.8) is 0 Å². The van der Waals surface area contributed by atoms with Crippen LogP contribution in [0.2, 0.25) is 0 Å². The normalized spacial score (nSPS) is 12.1. The zero-order chi connectivity index (χ0) is 13.6. The molecule has 0 aliphatic carbocycles. The standard InChI is InChI=1S/C14H25N3S/c1-6-8-17(14(3,4)5)10-12-11-18-13(16-12)9-15-7-2/h6,11,15H,1,7-10H2,2-5H3. The molecular formula is C14H25N3S. The van der Waals surface area contributed by atoms with Crippen LogP contribution in [0.4, 0.5) is 0 Å². The van der Waals surface area contributed by atoms with Crippen molar-refractivity contribution in [2.45, 2.75) is 46.3 Å². The van der Waals surface area contributed by atoms with E-state index in [-0.39, 0.29) is 5.54 Å². The lowest BCUT2D eigenvalue weighted by atomic mass is 10.1. The van der Waals surface area contributed by atoms with Gasteiger partial charge >= 0.3 is 0 Å². The number of thiazole rings is 1. The van der Waals surface area contributed by atoms with E-state index < -0.39 is 0 Å². The largest absolute Gasteiger partial charge is 0.311 e. The highest BCUT2D eigenvalue weighted by molar-refractivity contribution is 7.09. The molecule has 0 fully saturated rings. The van der Waals surface area contributed by atoms with Gasteiger partial charge < -0.3 is 5.32 Å². The van der Waals surface area contributed by atoms with Gasteiger partial charge in [0.05, 0.1) is 5.69 Å². The first-order chi connectivity index (χ1) is 8.47. The lowest BCUT2D eigenvalue weighted by Crippen LogP contribution is -2.40. The van der Waals surface area contributed by atoms with Crippen LogP contribution in [0.25, 0.3) is 0 Å². The van der Waals surface area contributed by atoms with Crippen molar-refractivity contribution in [3.05, 3.63) is 28.7 Å². The molecule has 1 aromatic heterocycles. The molecule has 0 aliphatic heterocycles. The smallest absolute Gasteiger partial charge is 0.107 e. The van der Waals surface area contributed by atoms with Gasteiger partial charge in [0.1, 0.15) is 5.01 Å². The minimum Gasteiger partial charge on any atom is -0.311 e. The van der Waals surface area contributed by atoms with Gasteiger partial charge in [0.2, 0.25) is 0 Å². The van der Waals surface area contributed by atoms with E-state index in [2.05, 4.69) is 54.9 Å². The van der Waals surface area contributed by atoms with Crippen molar-refractivity contribution in [2.24, 2.45) is 0 Å². The fraction of sp³-hybridized carbons (Fsp3) is 0.643. The highest BCUT2D eigenvalue weighted by atomic mass is 32.1. The number of hydrogen-bond donors (Lipinski definition) is 1. The van der Waals surface area contributed by atoms with Crippen LogP contribution >= 0.6 is 11.3 Å². The van der Waals surface area contributed by atoms with Crippen LogP contribution in [0, 0.1) is 0 Å². The zero-order valence-electron chi connectivity index (χ0n) is 12.0. The molecule has 0 radical (unpaired) electrons. The molecule has 18 heavy (non-hydrogen) atoms. The van der Waals surface area contributed by atoms with Gasteiger partial charge in [-0.15, -0.1) is 17.9 Å². The Morgan fingerprint density at radius 2 is 2.22 bits per heavy atom. The monoisotopic (exact) mass is 267 g/mol. The summed E-state index contributed by atoms with van der Waals surface area (Å²) in [6.45, 7) is 16.3. The van der Waals surface area contributed by atoms with Gasteiger partial charge in [0.25, 0.3) is 0 Å². The zero-order valence-corrected chi connectivity index (χ0v) is 12.8. The highest BCUT2D eigenvalue weighted by Gasteiger charge is 2.20. The molecule has 0 atom stereocenters. The number of rotatable bonds is 7. The topological polar surface area (TPSA) is 28.2 Å². The van der Waals surface area contributed by atoms with E-state index in [1.54, 1.807) is 11.3 Å². The van der Waals surface area contributed by atoms with Gasteiger partial charge in [-0.05, 0) is 27.3 Å². The van der Waals surface area contributed by atoms with Crippen LogP contribution in [-0.4, -0.2) is 28.5 Å². The van der Waals surface area contributed by atoms with E-state index in [1.807, 2.05) is 6.08 Å². The van der Waals surface area contributed by atoms with E-state index in [1.165, 1.54) is 5.01 Å². The van der Waals surface area contributed by atoms with Gasteiger partial charge in [-0.1, -0.05) is 13.0 Å². The molecule has 102 valence electrons. The van der Waals surface area contributed by atoms with Gasteiger partial charge in [-0.3, -0.25) is 4.90 Å². The maximum Gasteiger partial charge on any atom is 0.107 e. The first kappa shape index (κ1) is 15.3. The predicted molar refractivity (Wildman–Crippen MR) is 79.9 cm³/mol. The van der Waals surface area contributed by atoms with Crippen molar-refractivity contribution in [1.29, 1.82) is 0 Å². The second-order valence-electron chi connectivity index (χ2n) is 5.35. The maximum atomic E-state index is 4.66. The molecule has 3 nitrogen and oxygen atoms in total. The molecule has 0 bridgehead atoms. The van der Waals surface area contributed by atoms with E-state index in [4.69, 9.17) is 0 Å². The van der Waals surface area contributed by atoms with Gasteiger partial charge in [0.15, 0.2) is 0 Å². The van der Waals surface area contributed by atoms with Crippen molar-refractivity contribution < 1.29 is 0 Å². The van der Waals surface area contributed by atoms with Crippen LogP contribution < -0.4 is 5.32 Å². The lowest BCUT2D eigenvalue weighted by molar-refractivity contribution is 0.144. The Hall–Kier alpha value is -0.710. The summed E-state index contributed by atoms with van der Waals surface area (Å²) < 4.78 is 0. The van der Waals surface area contributed by atoms with E-state index in [9.17, 15) is 0 Å². The molecule has 1 N–H and O–H groups in total. The Bertz CT molecular complexity index is 365. The summed E-state index contributed by atoms with van der Waals surface area (Å²) in [5.74, 6) is 0. The fourth-order valence-corrected chi connectivity index (χ4v) is 2.42. The lowest BCUT2D eigenvalue weighted by Gasteiger charge is -2.34. The first-order valence-corrected chi connectivity index (χ1v) is 7.35. The highest BCUT2D eigenvalue weighted by Crippen LogP contribution is 2.18. The molecule has 1 aromatic rings. The molecule has 1 heterocycles. The fourth-order valence-electron chi connectivity index (χ4n) is 1.66. The SMILES string of the molecule is C=CCN(Cc1csc(CNCC)n1)C(C)(C)C. The van der Waals surface area contributed by atoms with Crippen LogP contribution in [0.5, 0.6) is 0 Å². The second kappa shape index (κ2) is 7.02. The summed E-state index contributed by atoms with van der Waals surface area (Å²) in [4.78, 5) is 7.04. The summed E-state index contributed by atoms with van der Waals surface area (Å²) in [7, 11) is 0. The first-order valence-electron chi connectivity index (χ1n) is 6.47. The summed E-state index contributed by atoms with van der Waals surface area (Å²) in [5.41, 5.74) is 1.30. The van der Waals surface area contributed by atoms with Gasteiger partial charge in [-0.2, -0.15) is 0 Å². The number of aromatic nitrogens is 1. The van der Waals surface area contributed by atoms with Gasteiger partial charge in [0, 0.05) is 30.6 Å². The molecule has 0 aromatic carbocycles. The maximum absolute atomic E-state index is 4.66. The molecule has 0 unspecified atom stereocenters. The van der Waals surface area contributed by atoms with E-state index >= 15 is 0 Å². The molecule has 0 saturated carbocycles. The summed E-state index contributed by atoms with van der Waals surface area (Å²) >= 11 is 1.73. The number of hydrogen-bond acceptors (Lipinski definition) is 4. The average Bonchev–Trinajstić information content (AvgIpc) is 2.72. The second-order valence-corrected chi connectivity index (χ2v) is 6.30. The Morgan fingerprint density at radius 1 is 1.50 bits per heavy atom. The van der Waals surface area contributed by atoms with E-state index in [0.29, 0.717) is 0 Å². The average molecular weight is 267 g/mol. The molecule has 0 amide bonds. The van der Waals surface area contributed by atoms with Crippen LogP contribution in [0.15, 0.2) is 18.0 Å². The third-order valence-electron chi connectivity index (χ3n) is 2.78. The van der Waals surface area contributed by atoms with Gasteiger partial charge in [-0.25, -0.2) is 4.98 Å². The Morgan fingerprint density at radius 3 is 2.78 bits per heavy atom. The minimum absolute atomic E-state index is 0.139. The molecule has 0 saturated heterocycles. The summed E-state index contributed by atoms with van der Waals surface area (Å²) in [6, 6.07) is 0. The quantitative estimate of drug-likeness (QED) is 0.770.